The van der Waals surface area contributed by atoms with Crippen LogP contribution < -0.4 is 0 Å². The highest BCUT2D eigenvalue weighted by Gasteiger charge is 2.26. The Balaban J connectivity index is 0.000000169. The lowest BCUT2D eigenvalue weighted by molar-refractivity contribution is 1.13. The van der Waals surface area contributed by atoms with Crippen molar-refractivity contribution >= 4 is 64.6 Å². The molecule has 0 N–H and O–H groups in total. The summed E-state index contributed by atoms with van der Waals surface area (Å²) >= 11 is 0. The monoisotopic (exact) mass is 1120 g/mol. The lowest BCUT2D eigenvalue weighted by atomic mass is 9.78. The Morgan fingerprint density at radius 2 is 0.107 bits per heavy atom. The fraction of sp³-hybridized carbons (Fsp3) is 0.429. The summed E-state index contributed by atoms with van der Waals surface area (Å²) < 4.78 is 0. The van der Waals surface area contributed by atoms with Gasteiger partial charge in [0.2, 0.25) is 0 Å². The summed E-state index contributed by atoms with van der Waals surface area (Å²) in [4.78, 5) is 0. The molecule has 0 amide bonds. The molecule has 0 atom stereocenters. The summed E-state index contributed by atoms with van der Waals surface area (Å²) in [7, 11) is 0. The van der Waals surface area contributed by atoms with E-state index >= 15 is 0 Å². The summed E-state index contributed by atoms with van der Waals surface area (Å²) in [6.07, 6.45) is 0. The van der Waals surface area contributed by atoms with Crippen molar-refractivity contribution in [3.05, 3.63) is 200 Å². The molecule has 0 saturated carbocycles. The van der Waals surface area contributed by atoms with Crippen molar-refractivity contribution in [1.82, 2.24) is 0 Å². The van der Waals surface area contributed by atoms with Crippen molar-refractivity contribution in [2.45, 2.75) is 249 Å². The molecule has 0 saturated heterocycles. The third kappa shape index (κ3) is 9.62. The number of hydrogen-bond donors (Lipinski definition) is 0. The van der Waals surface area contributed by atoms with Gasteiger partial charge >= 0.3 is 0 Å². The molecule has 0 bridgehead atoms. The Kier molecular flexibility index (Phi) is 18.0. The Labute approximate surface area is 511 Å². The van der Waals surface area contributed by atoms with Gasteiger partial charge in [-0.1, -0.05) is 0 Å². The van der Waals surface area contributed by atoms with Crippen LogP contribution in [0.15, 0.2) is 0 Å². The fourth-order valence-corrected chi connectivity index (χ4v) is 15.2. The lowest BCUT2D eigenvalue weighted by Crippen LogP contribution is -2.04. The van der Waals surface area contributed by atoms with Crippen LogP contribution in [0.25, 0.3) is 64.6 Å². The first-order valence-electron chi connectivity index (χ1n) is 31.5. The van der Waals surface area contributed by atoms with Gasteiger partial charge in [-0.05, 0) is 514 Å². The average Bonchev–Trinajstić information content (AvgIpc) is 0.962. The summed E-state index contributed by atoms with van der Waals surface area (Å²) in [5, 5.41) is 17.8. The number of aryl methyl sites for hydroxylation is 16. The van der Waals surface area contributed by atoms with Crippen LogP contribution in [-0.2, 0) is 0 Å². The van der Waals surface area contributed by atoms with Gasteiger partial charge in [0.25, 0.3) is 0 Å². The highest BCUT2D eigenvalue weighted by atomic mass is 14.3. The molecule has 0 fully saturated rings. The van der Waals surface area contributed by atoms with Gasteiger partial charge in [-0.3, -0.25) is 0 Å². The van der Waals surface area contributed by atoms with E-state index in [-0.39, 0.29) is 0 Å². The summed E-state index contributed by atoms with van der Waals surface area (Å²) in [5.41, 5.74) is 52.1. The van der Waals surface area contributed by atoms with E-state index in [0.29, 0.717) is 0 Å². The van der Waals surface area contributed by atoms with Crippen LogP contribution >= 0.6 is 0 Å². The quantitative estimate of drug-likeness (QED) is 0.133. The van der Waals surface area contributed by atoms with Crippen molar-refractivity contribution in [3.8, 4) is 0 Å². The smallest absolute Gasteiger partial charge is 0.00612 e. The molecule has 10 aromatic carbocycles. The highest BCUT2D eigenvalue weighted by Crippen LogP contribution is 2.49. The largest absolute Gasteiger partial charge is 0.0447 e. The highest BCUT2D eigenvalue weighted by molar-refractivity contribution is 6.31. The summed E-state index contributed by atoms with van der Waals surface area (Å²) in [6.45, 7) is 82.1. The molecule has 0 aromatic heterocycles. The second kappa shape index (κ2) is 23.2. The summed E-state index contributed by atoms with van der Waals surface area (Å²) in [5.74, 6) is 0. The molecule has 0 radical (unpaired) electrons. The molecule has 10 rings (SSSR count). The van der Waals surface area contributed by atoms with Gasteiger partial charge in [-0.2, -0.15) is 0 Å². The SMILES string of the molecule is Cc1c(C)c(C)c(C)c(C)c1C.Cc1c(C)c(C)c2c(C)c(C)c(C)c(C)c2c1C.Cc1c(C)c(C)c2c(c1C)c(C)c(C)c1c(C)c(C)c(C)c(C)c12.Cc1c(C)c(C)c2c(c1C)c1c(C)c(C)c(C)c(C)c1c1c(C)c(C)c(C)c(C)c21. The van der Waals surface area contributed by atoms with E-state index in [1.165, 1.54) is 265 Å². The maximum Gasteiger partial charge on any atom is -0.00612 e. The lowest BCUT2D eigenvalue weighted by Gasteiger charge is -2.26. The standard InChI is InChI=1S/C30H36.C24H30.C18H24.C12H18/c1-13-14(2)20(8)26-25(19(13)7)27-21(9)15(3)16(4)23(11)29(27)30-24(12)18(6)17(5)22(10)28(26)30;1-11-13(3)17(7)23-21(15(11)5)19(9)20(10)22-16(6)12(2)14(4)18(8)24(22)23;1-9-10(2)14(6)18-16(8)12(4)11(3)15(7)17(18)13(9)5;1-7-8(2)10(4)12(6)11(5)9(7)3/h1-12H3;1-10H3;1-8H3;1-6H3. The topological polar surface area (TPSA) is 0 Å². The number of benzene rings is 10. The Morgan fingerprint density at radius 3 is 0.214 bits per heavy atom. The van der Waals surface area contributed by atoms with E-state index < -0.39 is 0 Å². The zero-order valence-electron chi connectivity index (χ0n) is 60.0. The van der Waals surface area contributed by atoms with E-state index in [9.17, 15) is 0 Å². The zero-order valence-corrected chi connectivity index (χ0v) is 60.0. The molecule has 0 spiro atoms. The van der Waals surface area contributed by atoms with Crippen LogP contribution in [0.3, 0.4) is 0 Å². The van der Waals surface area contributed by atoms with Crippen molar-refractivity contribution in [3.63, 3.8) is 0 Å². The first-order valence-corrected chi connectivity index (χ1v) is 31.5. The van der Waals surface area contributed by atoms with Crippen molar-refractivity contribution in [2.24, 2.45) is 0 Å². The Bertz CT molecular complexity index is 3910. The van der Waals surface area contributed by atoms with Crippen molar-refractivity contribution < 1.29 is 0 Å². The normalized spacial score (nSPS) is 11.6. The average molecular weight is 1120 g/mol. The molecule has 0 aliphatic heterocycles. The molecule has 0 heteroatoms. The van der Waals surface area contributed by atoms with E-state index in [4.69, 9.17) is 0 Å². The van der Waals surface area contributed by atoms with Gasteiger partial charge in [0.1, 0.15) is 0 Å². The minimum absolute atomic E-state index is 1.44. The molecule has 0 unspecified atom stereocenters. The van der Waals surface area contributed by atoms with Crippen LogP contribution in [0.1, 0.15) is 200 Å². The van der Waals surface area contributed by atoms with Crippen LogP contribution in [0, 0.1) is 249 Å². The number of fused-ring (bicyclic) bond motifs is 10. The van der Waals surface area contributed by atoms with Crippen LogP contribution in [0.4, 0.5) is 0 Å². The zero-order chi connectivity index (χ0) is 63.7. The predicted molar refractivity (Wildman–Crippen MR) is 381 cm³/mol. The van der Waals surface area contributed by atoms with Gasteiger partial charge in [-0.15, -0.1) is 0 Å². The molecular formula is C84H108. The van der Waals surface area contributed by atoms with Gasteiger partial charge in [0.15, 0.2) is 0 Å². The van der Waals surface area contributed by atoms with E-state index in [1.807, 2.05) is 0 Å². The van der Waals surface area contributed by atoms with E-state index in [1.54, 1.807) is 0 Å². The Hall–Kier alpha value is -6.24. The third-order valence-corrected chi connectivity index (χ3v) is 24.2. The molecular weight excluding hydrogens is 1010 g/mol. The van der Waals surface area contributed by atoms with Crippen molar-refractivity contribution in [1.29, 1.82) is 0 Å². The van der Waals surface area contributed by atoms with Crippen LogP contribution in [0.2, 0.25) is 0 Å². The molecule has 0 nitrogen and oxygen atoms in total. The molecule has 0 heterocycles. The summed E-state index contributed by atoms with van der Waals surface area (Å²) in [6, 6.07) is 0. The van der Waals surface area contributed by atoms with Crippen molar-refractivity contribution in [2.75, 3.05) is 0 Å². The van der Waals surface area contributed by atoms with Crippen LogP contribution in [0.5, 0.6) is 0 Å². The van der Waals surface area contributed by atoms with Gasteiger partial charge in [0, 0.05) is 0 Å². The molecule has 444 valence electrons. The molecule has 0 aliphatic carbocycles. The number of rotatable bonds is 0. The second-order valence-corrected chi connectivity index (χ2v) is 27.0. The minimum atomic E-state index is 1.44. The van der Waals surface area contributed by atoms with E-state index in [2.05, 4.69) is 249 Å². The third-order valence-electron chi connectivity index (χ3n) is 24.2. The fourth-order valence-electron chi connectivity index (χ4n) is 15.2. The van der Waals surface area contributed by atoms with Gasteiger partial charge in [-0.25, -0.2) is 0 Å². The number of hydrogen-bond acceptors (Lipinski definition) is 0. The molecule has 0 aliphatic rings. The Morgan fingerprint density at radius 1 is 0.0595 bits per heavy atom. The second-order valence-electron chi connectivity index (χ2n) is 27.0. The first kappa shape index (κ1) is 65.3. The maximum atomic E-state index is 2.34. The van der Waals surface area contributed by atoms with Crippen LogP contribution in [-0.4, -0.2) is 0 Å². The van der Waals surface area contributed by atoms with Gasteiger partial charge < -0.3 is 0 Å². The maximum absolute atomic E-state index is 2.34. The van der Waals surface area contributed by atoms with E-state index in [0.717, 1.165) is 0 Å². The molecule has 84 heavy (non-hydrogen) atoms. The first-order chi connectivity index (χ1) is 38.8. The minimum Gasteiger partial charge on any atom is -0.0447 e. The van der Waals surface area contributed by atoms with Gasteiger partial charge in [0.05, 0.1) is 0 Å². The molecule has 10 aromatic rings. The predicted octanol–water partition coefficient (Wildman–Crippen LogP) is 24.8.